The third kappa shape index (κ3) is 3.84. The molecule has 0 radical (unpaired) electrons. The van der Waals surface area contributed by atoms with Gasteiger partial charge in [0.1, 0.15) is 18.5 Å². The fourth-order valence-electron chi connectivity index (χ4n) is 2.90. The molecule has 0 bridgehead atoms. The Bertz CT molecular complexity index is 1010. The van der Waals surface area contributed by atoms with E-state index in [0.29, 0.717) is 18.1 Å². The molecule has 1 aliphatic heterocycles. The number of aromatic hydroxyl groups is 1. The molecule has 7 heteroatoms. The van der Waals surface area contributed by atoms with Crippen molar-refractivity contribution < 1.29 is 19.3 Å². The van der Waals surface area contributed by atoms with E-state index in [1.807, 2.05) is 12.1 Å². The number of aromatic nitrogens is 1. The molecule has 0 saturated carbocycles. The topological polar surface area (TPSA) is 88.5 Å². The van der Waals surface area contributed by atoms with Crippen molar-refractivity contribution in [2.45, 2.75) is 6.10 Å². The minimum absolute atomic E-state index is 0.156. The molecular weight excluding hydrogens is 358 g/mol. The summed E-state index contributed by atoms with van der Waals surface area (Å²) in [6, 6.07) is 10.6. The minimum atomic E-state index is 0.156. The van der Waals surface area contributed by atoms with Crippen molar-refractivity contribution >= 4 is 28.5 Å². The summed E-state index contributed by atoms with van der Waals surface area (Å²) in [6.07, 6.45) is 3.66. The molecule has 1 aromatic heterocycles. The number of rotatable bonds is 7. The third-order valence-electron chi connectivity index (χ3n) is 4.41. The van der Waals surface area contributed by atoms with Crippen molar-refractivity contribution in [3.8, 4) is 17.2 Å². The van der Waals surface area contributed by atoms with Crippen LogP contribution in [0.25, 0.3) is 10.9 Å². The van der Waals surface area contributed by atoms with E-state index in [2.05, 4.69) is 15.3 Å². The summed E-state index contributed by atoms with van der Waals surface area (Å²) >= 11 is 0. The first-order valence-electron chi connectivity index (χ1n) is 8.91. The number of pyridine rings is 1. The van der Waals surface area contributed by atoms with Gasteiger partial charge in [-0.05, 0) is 30.3 Å². The lowest BCUT2D eigenvalue weighted by Gasteiger charge is -2.16. The summed E-state index contributed by atoms with van der Waals surface area (Å²) in [7, 11) is 3.32. The maximum absolute atomic E-state index is 9.53. The molecule has 1 saturated heterocycles. The zero-order chi connectivity index (χ0) is 19.5. The average molecular weight is 379 g/mol. The van der Waals surface area contributed by atoms with E-state index in [1.165, 1.54) is 0 Å². The van der Waals surface area contributed by atoms with Gasteiger partial charge in [0.15, 0.2) is 11.5 Å². The maximum Gasteiger partial charge on any atom is 0.163 e. The lowest BCUT2D eigenvalue weighted by atomic mass is 10.1. The van der Waals surface area contributed by atoms with Gasteiger partial charge in [0.25, 0.3) is 0 Å². The van der Waals surface area contributed by atoms with Gasteiger partial charge < -0.3 is 24.6 Å². The Morgan fingerprint density at radius 3 is 2.75 bits per heavy atom. The number of fused-ring (bicyclic) bond motifs is 1. The van der Waals surface area contributed by atoms with Gasteiger partial charge in [-0.15, -0.1) is 0 Å². The fraction of sp³-hybridized carbons (Fsp3) is 0.238. The molecule has 7 nitrogen and oxygen atoms in total. The van der Waals surface area contributed by atoms with Crippen LogP contribution in [0.4, 0.5) is 11.4 Å². The zero-order valence-electron chi connectivity index (χ0n) is 15.7. The highest BCUT2D eigenvalue weighted by Crippen LogP contribution is 2.37. The number of anilines is 2. The predicted octanol–water partition coefficient (Wildman–Crippen LogP) is 3.52. The smallest absolute Gasteiger partial charge is 0.163 e. The minimum Gasteiger partial charge on any atom is -0.508 e. The van der Waals surface area contributed by atoms with E-state index in [-0.39, 0.29) is 11.9 Å². The Balaban J connectivity index is 1.79. The van der Waals surface area contributed by atoms with Gasteiger partial charge in [-0.2, -0.15) is 0 Å². The van der Waals surface area contributed by atoms with Crippen molar-refractivity contribution in [3.05, 3.63) is 48.2 Å². The number of ether oxygens (including phenoxy) is 3. The Kier molecular flexibility index (Phi) is 4.99. The van der Waals surface area contributed by atoms with Gasteiger partial charge in [0, 0.05) is 42.2 Å². The van der Waals surface area contributed by atoms with E-state index in [0.717, 1.165) is 34.4 Å². The number of aliphatic imine (C=N–C) groups is 1. The molecule has 0 spiro atoms. The lowest BCUT2D eigenvalue weighted by Crippen LogP contribution is -2.06. The monoisotopic (exact) mass is 379 g/mol. The number of hydrogen-bond donors (Lipinski definition) is 2. The Morgan fingerprint density at radius 2 is 2.07 bits per heavy atom. The van der Waals surface area contributed by atoms with E-state index in [4.69, 9.17) is 14.2 Å². The molecular formula is C21H21N3O4. The van der Waals surface area contributed by atoms with E-state index >= 15 is 0 Å². The number of phenolic OH excluding ortho intramolecular Hbond substituents is 1. The molecule has 0 aliphatic carbocycles. The van der Waals surface area contributed by atoms with Crippen molar-refractivity contribution in [3.63, 3.8) is 0 Å². The quantitative estimate of drug-likeness (QED) is 0.371. The standard InChI is InChI=1S/C21H21N3O4/c1-22-9-13-10-23-18-8-20(28-12-16-11-27-16)19(26-2)7-17(18)21(13)24-14-3-5-15(25)6-4-14/h3-10,16,25H,11-12H2,1-2H3,(H,23,24)/t16-/m0/s1. The molecule has 4 rings (SSSR count). The summed E-state index contributed by atoms with van der Waals surface area (Å²) in [4.78, 5) is 8.69. The summed E-state index contributed by atoms with van der Waals surface area (Å²) in [5.41, 5.74) is 3.28. The molecule has 3 aromatic rings. The van der Waals surface area contributed by atoms with Gasteiger partial charge >= 0.3 is 0 Å². The zero-order valence-corrected chi connectivity index (χ0v) is 15.7. The van der Waals surface area contributed by atoms with Gasteiger partial charge in [0.05, 0.1) is 24.9 Å². The maximum atomic E-state index is 9.53. The van der Waals surface area contributed by atoms with E-state index in [9.17, 15) is 5.11 Å². The Morgan fingerprint density at radius 1 is 1.29 bits per heavy atom. The molecule has 2 aromatic carbocycles. The SMILES string of the molecule is CN=Cc1cnc2cc(OC[C@@H]3CO3)c(OC)cc2c1Nc1ccc(O)cc1. The molecule has 1 fully saturated rings. The van der Waals surface area contributed by atoms with Crippen molar-refractivity contribution in [1.82, 2.24) is 4.98 Å². The number of methoxy groups -OCH3 is 1. The Hall–Kier alpha value is -3.32. The number of benzene rings is 2. The van der Waals surface area contributed by atoms with Gasteiger partial charge in [0.2, 0.25) is 0 Å². The van der Waals surface area contributed by atoms with E-state index < -0.39 is 0 Å². The lowest BCUT2D eigenvalue weighted by molar-refractivity contribution is 0.252. The average Bonchev–Trinajstić information content (AvgIpc) is 3.53. The van der Waals surface area contributed by atoms with Gasteiger partial charge in [-0.3, -0.25) is 9.98 Å². The number of epoxide rings is 1. The van der Waals surface area contributed by atoms with Gasteiger partial charge in [-0.1, -0.05) is 0 Å². The number of hydrogen-bond acceptors (Lipinski definition) is 7. The molecule has 0 amide bonds. The van der Waals surface area contributed by atoms with Crippen molar-refractivity contribution in [2.75, 3.05) is 32.7 Å². The van der Waals surface area contributed by atoms with Crippen LogP contribution in [-0.4, -0.2) is 49.8 Å². The second kappa shape index (κ2) is 7.74. The second-order valence-corrected chi connectivity index (χ2v) is 6.43. The number of nitrogens with zero attached hydrogens (tertiary/aromatic N) is 2. The number of nitrogens with one attached hydrogen (secondary N) is 1. The van der Waals surface area contributed by atoms with Crippen LogP contribution in [0.1, 0.15) is 5.56 Å². The van der Waals surface area contributed by atoms with E-state index in [1.54, 1.807) is 50.8 Å². The Labute approximate surface area is 162 Å². The highest BCUT2D eigenvalue weighted by molar-refractivity contribution is 6.03. The summed E-state index contributed by atoms with van der Waals surface area (Å²) < 4.78 is 16.6. The first kappa shape index (κ1) is 18.1. The predicted molar refractivity (Wildman–Crippen MR) is 108 cm³/mol. The molecule has 0 unspecified atom stereocenters. The van der Waals surface area contributed by atoms with Crippen LogP contribution in [0.2, 0.25) is 0 Å². The highest BCUT2D eigenvalue weighted by Gasteiger charge is 2.24. The fourth-order valence-corrected chi connectivity index (χ4v) is 2.90. The molecule has 1 aliphatic rings. The molecule has 1 atom stereocenters. The normalized spacial score (nSPS) is 15.7. The van der Waals surface area contributed by atoms with Crippen LogP contribution in [0.3, 0.4) is 0 Å². The molecule has 144 valence electrons. The number of phenols is 1. The van der Waals surface area contributed by atoms with Crippen LogP contribution in [0, 0.1) is 0 Å². The summed E-state index contributed by atoms with van der Waals surface area (Å²) in [6.45, 7) is 1.22. The first-order chi connectivity index (χ1) is 13.7. The third-order valence-corrected chi connectivity index (χ3v) is 4.41. The van der Waals surface area contributed by atoms with Crippen LogP contribution in [0.5, 0.6) is 17.2 Å². The van der Waals surface area contributed by atoms with Crippen molar-refractivity contribution in [2.24, 2.45) is 4.99 Å². The van der Waals surface area contributed by atoms with Crippen LogP contribution in [0.15, 0.2) is 47.6 Å². The summed E-state index contributed by atoms with van der Waals surface area (Å²) in [5.74, 6) is 1.46. The van der Waals surface area contributed by atoms with Crippen LogP contribution >= 0.6 is 0 Å². The first-order valence-corrected chi connectivity index (χ1v) is 8.91. The molecule has 28 heavy (non-hydrogen) atoms. The van der Waals surface area contributed by atoms with Crippen LogP contribution < -0.4 is 14.8 Å². The van der Waals surface area contributed by atoms with Crippen molar-refractivity contribution in [1.29, 1.82) is 0 Å². The summed E-state index contributed by atoms with van der Waals surface area (Å²) in [5, 5.41) is 13.8. The van der Waals surface area contributed by atoms with Crippen LogP contribution in [-0.2, 0) is 4.74 Å². The molecule has 2 N–H and O–H groups in total. The van der Waals surface area contributed by atoms with Gasteiger partial charge in [-0.25, -0.2) is 0 Å². The molecule has 2 heterocycles. The highest BCUT2D eigenvalue weighted by atomic mass is 16.6. The second-order valence-electron chi connectivity index (χ2n) is 6.43. The largest absolute Gasteiger partial charge is 0.508 e.